The fraction of sp³-hybridized carbons (Fsp3) is 0.425. The van der Waals surface area contributed by atoms with Crippen LogP contribution in [0.15, 0.2) is 54.9 Å². The minimum Gasteiger partial charge on any atom is -0.505 e. The third-order valence-corrected chi connectivity index (χ3v) is 7.82. The zero-order valence-corrected chi connectivity index (χ0v) is 31.8. The number of hydrogen-bond donors (Lipinski definition) is 3. The van der Waals surface area contributed by atoms with Gasteiger partial charge in [-0.25, -0.2) is 13.8 Å². The van der Waals surface area contributed by atoms with E-state index in [9.17, 15) is 13.9 Å². The van der Waals surface area contributed by atoms with E-state index in [-0.39, 0.29) is 23.8 Å². The van der Waals surface area contributed by atoms with Crippen molar-refractivity contribution in [2.45, 2.75) is 99.8 Å². The second-order valence-corrected chi connectivity index (χ2v) is 12.1. The zero-order chi connectivity index (χ0) is 37.8. The van der Waals surface area contributed by atoms with Crippen molar-refractivity contribution in [1.82, 2.24) is 15.3 Å². The third kappa shape index (κ3) is 12.9. The number of fused-ring (bicyclic) bond motifs is 2. The summed E-state index contributed by atoms with van der Waals surface area (Å²) in [7, 11) is 0. The maximum atomic E-state index is 14.5. The number of nitrogens with two attached hydrogens (primary N) is 1. The van der Waals surface area contributed by atoms with E-state index in [0.717, 1.165) is 41.1 Å². The van der Waals surface area contributed by atoms with Crippen molar-refractivity contribution >= 4 is 28.9 Å². The quantitative estimate of drug-likeness (QED) is 0.157. The molecule has 4 aromatic rings. The van der Waals surface area contributed by atoms with E-state index in [1.807, 2.05) is 52.1 Å². The average Bonchev–Trinajstić information content (AvgIpc) is 3.47. The van der Waals surface area contributed by atoms with Gasteiger partial charge < -0.3 is 20.9 Å². The SMILES string of the molecule is CC.CC=CNCC(CCC)c1cc2c(c(-c3cc(O)c(F)cc3F)n1)OCC2C.CCCC.Cc1cc(C)c2ncc(Cl)cc2c1.NC=O. The molecule has 1 aliphatic rings. The highest BCUT2D eigenvalue weighted by Crippen LogP contribution is 2.43. The van der Waals surface area contributed by atoms with Crippen molar-refractivity contribution in [3.63, 3.8) is 0 Å². The number of benzene rings is 2. The Balaban J connectivity index is 0.000000468. The number of hydrogen-bond acceptors (Lipinski definition) is 6. The fourth-order valence-corrected chi connectivity index (χ4v) is 5.29. The summed E-state index contributed by atoms with van der Waals surface area (Å²) in [5.41, 5.74) is 9.82. The van der Waals surface area contributed by atoms with Crippen LogP contribution in [0.25, 0.3) is 22.2 Å². The first kappa shape index (κ1) is 43.8. The molecule has 0 aliphatic carbocycles. The number of aryl methyl sites for hydroxylation is 2. The van der Waals surface area contributed by atoms with Gasteiger partial charge in [0.05, 0.1) is 17.1 Å². The van der Waals surface area contributed by atoms with Gasteiger partial charge in [-0.05, 0) is 63.2 Å². The molecule has 5 rings (SSSR count). The summed E-state index contributed by atoms with van der Waals surface area (Å²) in [6.07, 6.45) is 10.3. The lowest BCUT2D eigenvalue weighted by atomic mass is 9.93. The monoisotopic (exact) mass is 712 g/mol. The highest BCUT2D eigenvalue weighted by atomic mass is 35.5. The normalized spacial score (nSPS) is 13.2. The van der Waals surface area contributed by atoms with Crippen molar-refractivity contribution in [1.29, 1.82) is 0 Å². The Morgan fingerprint density at radius 1 is 1.06 bits per heavy atom. The first-order valence-corrected chi connectivity index (χ1v) is 17.7. The number of pyridine rings is 2. The molecule has 0 spiro atoms. The second kappa shape index (κ2) is 23.2. The number of aromatic nitrogens is 2. The van der Waals surface area contributed by atoms with Crippen molar-refractivity contribution in [3.8, 4) is 22.8 Å². The van der Waals surface area contributed by atoms with Gasteiger partial charge >= 0.3 is 0 Å². The molecular formula is C40H55ClF2N4O3. The summed E-state index contributed by atoms with van der Waals surface area (Å²) in [6.45, 7) is 19.8. The molecule has 3 heterocycles. The van der Waals surface area contributed by atoms with Gasteiger partial charge in [-0.15, -0.1) is 0 Å². The number of carbonyl (C=O) groups excluding carboxylic acids is 1. The molecule has 2 aromatic heterocycles. The summed E-state index contributed by atoms with van der Waals surface area (Å²) < 4.78 is 33.9. The Bertz CT molecular complexity index is 1660. The highest BCUT2D eigenvalue weighted by Gasteiger charge is 2.29. The van der Waals surface area contributed by atoms with Gasteiger partial charge in [0.25, 0.3) is 0 Å². The van der Waals surface area contributed by atoms with E-state index in [4.69, 9.17) is 26.1 Å². The van der Waals surface area contributed by atoms with Crippen LogP contribution < -0.4 is 15.8 Å². The molecule has 7 nitrogen and oxygen atoms in total. The molecule has 0 radical (unpaired) electrons. The maximum Gasteiger partial charge on any atom is 0.204 e. The molecule has 274 valence electrons. The van der Waals surface area contributed by atoms with Crippen LogP contribution in [-0.2, 0) is 4.79 Å². The van der Waals surface area contributed by atoms with Crippen LogP contribution >= 0.6 is 11.6 Å². The lowest BCUT2D eigenvalue weighted by Crippen LogP contribution is -2.18. The number of aromatic hydroxyl groups is 1. The Morgan fingerprint density at radius 2 is 1.72 bits per heavy atom. The molecule has 4 N–H and O–H groups in total. The van der Waals surface area contributed by atoms with Crippen LogP contribution in [0.4, 0.5) is 8.78 Å². The third-order valence-electron chi connectivity index (χ3n) is 7.61. The molecule has 2 atom stereocenters. The van der Waals surface area contributed by atoms with Crippen molar-refractivity contribution in [2.24, 2.45) is 5.73 Å². The lowest BCUT2D eigenvalue weighted by molar-refractivity contribution is -0.106. The molecule has 1 amide bonds. The fourth-order valence-electron chi connectivity index (χ4n) is 5.12. The smallest absolute Gasteiger partial charge is 0.204 e. The summed E-state index contributed by atoms with van der Waals surface area (Å²) in [5.74, 6) is -1.58. The number of carbonyl (C=O) groups is 1. The first-order chi connectivity index (χ1) is 23.9. The number of phenols is 1. The lowest BCUT2D eigenvalue weighted by Gasteiger charge is -2.19. The topological polar surface area (TPSA) is 110 Å². The van der Waals surface area contributed by atoms with E-state index >= 15 is 0 Å². The molecule has 0 bridgehead atoms. The number of nitrogens with one attached hydrogen (secondary N) is 1. The van der Waals surface area contributed by atoms with E-state index < -0.39 is 17.4 Å². The molecule has 50 heavy (non-hydrogen) atoms. The van der Waals surface area contributed by atoms with Gasteiger partial charge in [0.15, 0.2) is 11.6 Å². The van der Waals surface area contributed by atoms with Gasteiger partial charge in [0, 0.05) is 52.9 Å². The first-order valence-electron chi connectivity index (χ1n) is 17.3. The van der Waals surface area contributed by atoms with Crippen LogP contribution in [-0.4, -0.2) is 34.6 Å². The van der Waals surface area contributed by atoms with Gasteiger partial charge in [-0.2, -0.15) is 0 Å². The summed E-state index contributed by atoms with van der Waals surface area (Å²) in [4.78, 5) is 17.6. The van der Waals surface area contributed by atoms with Crippen molar-refractivity contribution < 1.29 is 23.4 Å². The Hall–Kier alpha value is -4.24. The predicted octanol–water partition coefficient (Wildman–Crippen LogP) is 10.7. The number of amides is 1. The predicted molar refractivity (Wildman–Crippen MR) is 204 cm³/mol. The number of nitrogens with zero attached hydrogens (tertiary/aromatic N) is 2. The van der Waals surface area contributed by atoms with Gasteiger partial charge in [0.1, 0.15) is 17.3 Å². The molecular weight excluding hydrogens is 658 g/mol. The maximum absolute atomic E-state index is 14.5. The van der Waals surface area contributed by atoms with E-state index in [1.165, 1.54) is 24.0 Å². The van der Waals surface area contributed by atoms with Crippen molar-refractivity contribution in [2.75, 3.05) is 13.2 Å². The van der Waals surface area contributed by atoms with Crippen LogP contribution in [0.2, 0.25) is 5.02 Å². The molecule has 0 saturated heterocycles. The van der Waals surface area contributed by atoms with E-state index in [0.29, 0.717) is 35.7 Å². The average molecular weight is 713 g/mol. The molecule has 0 saturated carbocycles. The number of allylic oxidation sites excluding steroid dienone is 1. The number of rotatable bonds is 8. The highest BCUT2D eigenvalue weighted by molar-refractivity contribution is 6.31. The summed E-state index contributed by atoms with van der Waals surface area (Å²) in [5, 5.41) is 14.8. The molecule has 0 fully saturated rings. The van der Waals surface area contributed by atoms with Crippen molar-refractivity contribution in [3.05, 3.63) is 93.9 Å². The Kier molecular flexibility index (Phi) is 20.3. The van der Waals surface area contributed by atoms with Gasteiger partial charge in [0.2, 0.25) is 6.41 Å². The summed E-state index contributed by atoms with van der Waals surface area (Å²) >= 11 is 5.86. The number of halogens is 3. The second-order valence-electron chi connectivity index (χ2n) is 11.6. The van der Waals surface area contributed by atoms with Gasteiger partial charge in [-0.3, -0.25) is 9.78 Å². The van der Waals surface area contributed by atoms with Crippen LogP contribution in [0.3, 0.4) is 0 Å². The Morgan fingerprint density at radius 3 is 2.32 bits per heavy atom. The molecule has 2 aromatic carbocycles. The minimum atomic E-state index is -0.997. The Labute approximate surface area is 302 Å². The summed E-state index contributed by atoms with van der Waals surface area (Å²) in [6, 6.07) is 9.97. The largest absolute Gasteiger partial charge is 0.505 e. The number of ether oxygens (including phenoxy) is 1. The minimum absolute atomic E-state index is 0.0442. The number of phenolic OH excluding ortho intramolecular Hbond substituents is 1. The number of primary amides is 1. The molecule has 2 unspecified atom stereocenters. The van der Waals surface area contributed by atoms with Gasteiger partial charge in [-0.1, -0.05) is 90.1 Å². The van der Waals surface area contributed by atoms with Crippen LogP contribution in [0.5, 0.6) is 11.5 Å². The molecule has 10 heteroatoms. The molecule has 1 aliphatic heterocycles. The van der Waals surface area contributed by atoms with E-state index in [2.05, 4.69) is 62.8 Å². The standard InChI is InChI=1S/C22H26F2N2O2.C11H10ClN.C4H10.C2H6.CH3NO/c1-4-6-14(11-25-7-5-2)19-8-15-13(3)12-28-22(15)21(26-19)16-9-20(27)18(24)10-17(16)23;1-7-3-8(2)11-9(4-7)5-10(12)6-13-11;1-3-4-2;1-2;2-1-3/h5,7-10,13-14,25,27H,4,6,11-12H2,1-3H3;3-6H,1-2H3;3-4H2,1-2H3;1-2H3;1H,(H2,2,3). The van der Waals surface area contributed by atoms with Crippen LogP contribution in [0.1, 0.15) is 108 Å². The number of unbranched alkanes of at least 4 members (excludes halogenated alkanes) is 1. The van der Waals surface area contributed by atoms with Crippen LogP contribution in [0, 0.1) is 25.5 Å². The van der Waals surface area contributed by atoms with E-state index in [1.54, 1.807) is 6.20 Å². The zero-order valence-electron chi connectivity index (χ0n) is 31.0.